The summed E-state index contributed by atoms with van der Waals surface area (Å²) >= 11 is 0. The number of morpholine rings is 1. The van der Waals surface area contributed by atoms with Gasteiger partial charge in [0.1, 0.15) is 6.33 Å². The van der Waals surface area contributed by atoms with Crippen molar-refractivity contribution < 1.29 is 9.53 Å². The Labute approximate surface area is 87.6 Å². The molecule has 1 amide bonds. The Morgan fingerprint density at radius 1 is 1.80 bits per heavy atom. The third kappa shape index (κ3) is 1.99. The Balaban J connectivity index is 2.11. The molecule has 0 bridgehead atoms. The number of hydrogen-bond acceptors (Lipinski definition) is 4. The van der Waals surface area contributed by atoms with Gasteiger partial charge in [0.15, 0.2) is 0 Å². The van der Waals surface area contributed by atoms with Gasteiger partial charge in [0.05, 0.1) is 19.3 Å². The molecule has 1 aliphatic heterocycles. The van der Waals surface area contributed by atoms with Crippen molar-refractivity contribution in [1.82, 2.24) is 20.1 Å². The lowest BCUT2D eigenvalue weighted by Crippen LogP contribution is -2.48. The first kappa shape index (κ1) is 10.1. The molecule has 0 aromatic carbocycles. The minimum absolute atomic E-state index is 0.0948. The number of amides is 1. The first-order valence-electron chi connectivity index (χ1n) is 5.07. The predicted octanol–water partition coefficient (Wildman–Crippen LogP) is 0.0557. The Morgan fingerprint density at radius 3 is 3.33 bits per heavy atom. The minimum Gasteiger partial charge on any atom is -0.377 e. The van der Waals surface area contributed by atoms with E-state index in [0.29, 0.717) is 25.6 Å². The molecule has 1 N–H and O–H groups in total. The number of carbonyl (C=O) groups is 1. The monoisotopic (exact) mass is 210 g/mol. The topological polar surface area (TPSA) is 71.1 Å². The van der Waals surface area contributed by atoms with E-state index in [1.165, 1.54) is 6.33 Å². The third-order valence-corrected chi connectivity index (χ3v) is 2.58. The van der Waals surface area contributed by atoms with Gasteiger partial charge in [-0.1, -0.05) is 6.92 Å². The first-order valence-corrected chi connectivity index (χ1v) is 5.07. The molecule has 0 aliphatic carbocycles. The quantitative estimate of drug-likeness (QED) is 0.749. The lowest BCUT2D eigenvalue weighted by atomic mass is 10.2. The molecule has 1 unspecified atom stereocenters. The normalized spacial score (nSPS) is 21.7. The molecule has 6 heteroatoms. The zero-order chi connectivity index (χ0) is 10.7. The average molecular weight is 210 g/mol. The van der Waals surface area contributed by atoms with Crippen LogP contribution < -0.4 is 0 Å². The van der Waals surface area contributed by atoms with Gasteiger partial charge in [-0.25, -0.2) is 4.98 Å². The highest BCUT2D eigenvalue weighted by atomic mass is 16.5. The summed E-state index contributed by atoms with van der Waals surface area (Å²) in [7, 11) is 0. The standard InChI is InChI=1S/C9H14N4O2/c1-2-7-5-15-4-3-13(7)9(14)8-10-6-11-12-8/h6-7H,2-5H2,1H3,(H,10,11,12). The van der Waals surface area contributed by atoms with Gasteiger partial charge in [0, 0.05) is 6.54 Å². The third-order valence-electron chi connectivity index (χ3n) is 2.58. The summed E-state index contributed by atoms with van der Waals surface area (Å²) in [5.41, 5.74) is 0. The molecule has 0 saturated carbocycles. The fourth-order valence-electron chi connectivity index (χ4n) is 1.70. The molecule has 1 atom stereocenters. The number of rotatable bonds is 2. The van der Waals surface area contributed by atoms with Gasteiger partial charge >= 0.3 is 0 Å². The van der Waals surface area contributed by atoms with E-state index in [0.717, 1.165) is 6.42 Å². The molecule has 1 aliphatic rings. The van der Waals surface area contributed by atoms with Crippen molar-refractivity contribution in [1.29, 1.82) is 0 Å². The number of aromatic amines is 1. The summed E-state index contributed by atoms with van der Waals surface area (Å²) in [4.78, 5) is 17.6. The fraction of sp³-hybridized carbons (Fsp3) is 0.667. The van der Waals surface area contributed by atoms with Crippen molar-refractivity contribution in [2.24, 2.45) is 0 Å². The summed E-state index contributed by atoms with van der Waals surface area (Å²) in [6.07, 6.45) is 2.23. The van der Waals surface area contributed by atoms with E-state index in [1.54, 1.807) is 4.90 Å². The van der Waals surface area contributed by atoms with Crippen LogP contribution >= 0.6 is 0 Å². The maximum absolute atomic E-state index is 12.0. The Bertz CT molecular complexity index is 325. The highest BCUT2D eigenvalue weighted by Crippen LogP contribution is 2.12. The van der Waals surface area contributed by atoms with E-state index in [-0.39, 0.29) is 11.9 Å². The summed E-state index contributed by atoms with van der Waals surface area (Å²) < 4.78 is 5.33. The number of hydrogen-bond donors (Lipinski definition) is 1. The van der Waals surface area contributed by atoms with E-state index in [9.17, 15) is 4.79 Å². The molecule has 82 valence electrons. The molecule has 2 rings (SSSR count). The second kappa shape index (κ2) is 4.39. The first-order chi connectivity index (χ1) is 7.33. The van der Waals surface area contributed by atoms with E-state index in [2.05, 4.69) is 15.2 Å². The molecule has 1 aromatic rings. The van der Waals surface area contributed by atoms with Crippen LogP contribution in [0.15, 0.2) is 6.33 Å². The van der Waals surface area contributed by atoms with Crippen LogP contribution in [0.5, 0.6) is 0 Å². The summed E-state index contributed by atoms with van der Waals surface area (Å²) in [5, 5.41) is 6.26. The van der Waals surface area contributed by atoms with Crippen LogP contribution in [0.4, 0.5) is 0 Å². The van der Waals surface area contributed by atoms with Crippen LogP contribution in [0.1, 0.15) is 24.0 Å². The van der Waals surface area contributed by atoms with E-state index in [4.69, 9.17) is 4.74 Å². The Kier molecular flexibility index (Phi) is 2.96. The fourth-order valence-corrected chi connectivity index (χ4v) is 1.70. The van der Waals surface area contributed by atoms with Gasteiger partial charge in [-0.3, -0.25) is 9.89 Å². The zero-order valence-corrected chi connectivity index (χ0v) is 8.64. The molecule has 6 nitrogen and oxygen atoms in total. The van der Waals surface area contributed by atoms with Gasteiger partial charge in [0.2, 0.25) is 5.82 Å². The lowest BCUT2D eigenvalue weighted by Gasteiger charge is -2.34. The minimum atomic E-state index is -0.0948. The number of carbonyl (C=O) groups excluding carboxylic acids is 1. The summed E-state index contributed by atoms with van der Waals surface area (Å²) in [6.45, 7) is 3.87. The number of ether oxygens (including phenoxy) is 1. The van der Waals surface area contributed by atoms with E-state index < -0.39 is 0 Å². The maximum Gasteiger partial charge on any atom is 0.291 e. The molecule has 1 aromatic heterocycles. The van der Waals surface area contributed by atoms with Gasteiger partial charge in [-0.2, -0.15) is 5.10 Å². The van der Waals surface area contributed by atoms with Crippen LogP contribution in [-0.4, -0.2) is 51.8 Å². The molecule has 1 fully saturated rings. The molecule has 15 heavy (non-hydrogen) atoms. The SMILES string of the molecule is CCC1COCCN1C(=O)c1ncn[nH]1. The zero-order valence-electron chi connectivity index (χ0n) is 8.64. The van der Waals surface area contributed by atoms with Crippen LogP contribution in [0.2, 0.25) is 0 Å². The van der Waals surface area contributed by atoms with Crippen molar-refractivity contribution in [2.75, 3.05) is 19.8 Å². The van der Waals surface area contributed by atoms with E-state index >= 15 is 0 Å². The van der Waals surface area contributed by atoms with Gasteiger partial charge < -0.3 is 9.64 Å². The van der Waals surface area contributed by atoms with Crippen molar-refractivity contribution >= 4 is 5.91 Å². The van der Waals surface area contributed by atoms with Gasteiger partial charge in [-0.05, 0) is 6.42 Å². The predicted molar refractivity (Wildman–Crippen MR) is 52.3 cm³/mol. The largest absolute Gasteiger partial charge is 0.377 e. The lowest BCUT2D eigenvalue weighted by molar-refractivity contribution is -0.00341. The van der Waals surface area contributed by atoms with Crippen molar-refractivity contribution in [3.05, 3.63) is 12.2 Å². The highest BCUT2D eigenvalue weighted by molar-refractivity contribution is 5.90. The molecule has 0 spiro atoms. The number of nitrogens with one attached hydrogen (secondary N) is 1. The summed E-state index contributed by atoms with van der Waals surface area (Å²) in [6, 6.07) is 0.149. The number of H-pyrrole nitrogens is 1. The molecule has 0 radical (unpaired) electrons. The Morgan fingerprint density at radius 2 is 2.67 bits per heavy atom. The van der Waals surface area contributed by atoms with Crippen molar-refractivity contribution in [3.63, 3.8) is 0 Å². The highest BCUT2D eigenvalue weighted by Gasteiger charge is 2.28. The van der Waals surface area contributed by atoms with Crippen LogP contribution in [0, 0.1) is 0 Å². The Hall–Kier alpha value is -1.43. The second-order valence-corrected chi connectivity index (χ2v) is 3.47. The smallest absolute Gasteiger partial charge is 0.291 e. The van der Waals surface area contributed by atoms with E-state index in [1.807, 2.05) is 6.92 Å². The van der Waals surface area contributed by atoms with Crippen LogP contribution in [0.3, 0.4) is 0 Å². The molecular weight excluding hydrogens is 196 g/mol. The maximum atomic E-state index is 12.0. The summed E-state index contributed by atoms with van der Waals surface area (Å²) in [5.74, 6) is 0.206. The number of aromatic nitrogens is 3. The second-order valence-electron chi connectivity index (χ2n) is 3.47. The molecule has 1 saturated heterocycles. The van der Waals surface area contributed by atoms with Crippen molar-refractivity contribution in [2.45, 2.75) is 19.4 Å². The van der Waals surface area contributed by atoms with Crippen LogP contribution in [-0.2, 0) is 4.74 Å². The number of nitrogens with zero attached hydrogens (tertiary/aromatic N) is 3. The van der Waals surface area contributed by atoms with Crippen molar-refractivity contribution in [3.8, 4) is 0 Å². The average Bonchev–Trinajstić information content (AvgIpc) is 2.81. The molecular formula is C9H14N4O2. The van der Waals surface area contributed by atoms with Gasteiger partial charge in [0.25, 0.3) is 5.91 Å². The van der Waals surface area contributed by atoms with Gasteiger partial charge in [-0.15, -0.1) is 0 Å². The van der Waals surface area contributed by atoms with Crippen LogP contribution in [0.25, 0.3) is 0 Å². The molecule has 2 heterocycles.